The zero-order valence-electron chi connectivity index (χ0n) is 33.2. The predicted molar refractivity (Wildman–Crippen MR) is 219 cm³/mol. The molecule has 4 N–H and O–H groups in total. The summed E-state index contributed by atoms with van der Waals surface area (Å²) in [5, 5.41) is 38.0. The summed E-state index contributed by atoms with van der Waals surface area (Å²) in [6.07, 6.45) is -0.678. The number of hydrogen-bond acceptors (Lipinski definition) is 12. The summed E-state index contributed by atoms with van der Waals surface area (Å²) in [6.45, 7) is 12.6. The van der Waals surface area contributed by atoms with Gasteiger partial charge in [0.1, 0.15) is 24.3 Å². The maximum absolute atomic E-state index is 14.2. The van der Waals surface area contributed by atoms with Gasteiger partial charge < -0.3 is 34.7 Å². The molecule has 2 aliphatic heterocycles. The maximum atomic E-state index is 14.2. The molecule has 4 aromatic heterocycles. The first-order valence-electron chi connectivity index (χ1n) is 19.7. The average Bonchev–Trinajstić information content (AvgIpc) is 3.99. The van der Waals surface area contributed by atoms with Crippen LogP contribution >= 0.6 is 11.3 Å². The number of nitrogens with one attached hydrogen (secondary N) is 2. The number of phenolic OH excluding ortho intramolecular Hbond substituents is 1. The van der Waals surface area contributed by atoms with Gasteiger partial charge in [-0.15, -0.1) is 21.5 Å². The van der Waals surface area contributed by atoms with Gasteiger partial charge in [-0.1, -0.05) is 50.2 Å². The SMILES string of the molecule is Cc1ncsc1-c1ccc([C@H](C)NC(=O)[C@@H]2C[C@@H](O)CN2C(=O)[C@@H](c2cc(OCCN3CC(c4c(C)[nH]c5nnc(-c6ccccc6O)cc45)C3)no2)C(C)C)cc1. The van der Waals surface area contributed by atoms with Crippen LogP contribution in [-0.4, -0.2) is 102 Å². The number of likely N-dealkylation sites (tertiary alicyclic amines) is 2. The number of phenols is 1. The van der Waals surface area contributed by atoms with E-state index >= 15 is 0 Å². The van der Waals surface area contributed by atoms with Crippen molar-refractivity contribution in [2.24, 2.45) is 5.92 Å². The van der Waals surface area contributed by atoms with E-state index in [9.17, 15) is 19.8 Å². The standard InChI is InChI=1S/C43H48N8O6S/c1-23(2)38(43(55)51-21-30(52)16-34(51)42(54)46-24(3)27-10-12-28(13-11-27)40-26(5)44-22-58-40)36-18-37(49-57-36)56-15-14-50-19-29(20-50)39-25(4)45-41-32(39)17-33(47-48-41)31-8-6-7-9-35(31)53/h6-13,17-18,22-24,29-30,34,38,52-53H,14-16,19-21H2,1-5H3,(H,45,48)(H,46,54)/t24-,30+,34-,38+/m0/s1. The second-order valence-electron chi connectivity index (χ2n) is 15.8. The summed E-state index contributed by atoms with van der Waals surface area (Å²) >= 11 is 1.59. The molecule has 302 valence electrons. The average molecular weight is 805 g/mol. The second kappa shape index (κ2) is 16.3. The number of rotatable bonds is 13. The van der Waals surface area contributed by atoms with Crippen LogP contribution in [0.25, 0.3) is 32.7 Å². The number of aryl methyl sites for hydroxylation is 2. The Hall–Kier alpha value is -5.64. The Balaban J connectivity index is 0.859. The number of benzene rings is 2. The number of β-amino-alcohol motifs (C(OH)–C–C–N with tert-alkyl or cyclic N) is 1. The van der Waals surface area contributed by atoms with Crippen molar-refractivity contribution < 1.29 is 29.1 Å². The lowest BCUT2D eigenvalue weighted by Crippen LogP contribution is -2.48. The van der Waals surface area contributed by atoms with E-state index in [4.69, 9.17) is 9.26 Å². The molecule has 6 aromatic rings. The van der Waals surface area contributed by atoms with Crippen LogP contribution in [0.2, 0.25) is 0 Å². The van der Waals surface area contributed by atoms with Crippen molar-refractivity contribution in [2.45, 2.75) is 71.1 Å². The number of aromatic hydroxyl groups is 1. The largest absolute Gasteiger partial charge is 0.507 e. The molecule has 14 nitrogen and oxygen atoms in total. The van der Waals surface area contributed by atoms with Gasteiger partial charge in [-0.2, -0.15) is 0 Å². The zero-order valence-corrected chi connectivity index (χ0v) is 34.0. The third-order valence-electron chi connectivity index (χ3n) is 11.4. The van der Waals surface area contributed by atoms with Crippen LogP contribution in [0.5, 0.6) is 11.6 Å². The summed E-state index contributed by atoms with van der Waals surface area (Å²) in [5.74, 6) is -0.419. The minimum atomic E-state index is -0.829. The molecule has 15 heteroatoms. The molecule has 2 aliphatic rings. The molecule has 2 fully saturated rings. The number of ether oxygens (including phenoxy) is 1. The number of nitrogens with zero attached hydrogens (tertiary/aromatic N) is 6. The van der Waals surface area contributed by atoms with E-state index in [0.717, 1.165) is 51.5 Å². The Morgan fingerprint density at radius 3 is 2.55 bits per heavy atom. The Labute approximate surface area is 340 Å². The number of carbonyl (C=O) groups is 2. The quantitative estimate of drug-likeness (QED) is 0.106. The molecule has 4 atom stereocenters. The van der Waals surface area contributed by atoms with Gasteiger partial charge >= 0.3 is 0 Å². The minimum absolute atomic E-state index is 0.0506. The van der Waals surface area contributed by atoms with Crippen molar-refractivity contribution in [1.82, 2.24) is 40.4 Å². The summed E-state index contributed by atoms with van der Waals surface area (Å²) in [4.78, 5) is 40.4. The molecule has 6 heterocycles. The van der Waals surface area contributed by atoms with Crippen molar-refractivity contribution in [3.8, 4) is 33.3 Å². The molecule has 58 heavy (non-hydrogen) atoms. The maximum Gasteiger partial charge on any atom is 0.254 e. The van der Waals surface area contributed by atoms with Gasteiger partial charge in [0.15, 0.2) is 11.4 Å². The van der Waals surface area contributed by atoms with Gasteiger partial charge in [0.25, 0.3) is 5.88 Å². The van der Waals surface area contributed by atoms with E-state index < -0.39 is 18.1 Å². The number of aliphatic hydroxyl groups is 1. The van der Waals surface area contributed by atoms with Crippen molar-refractivity contribution >= 4 is 34.2 Å². The number of thiazole rings is 1. The van der Waals surface area contributed by atoms with Gasteiger partial charge in [-0.05, 0) is 66.7 Å². The number of carbonyl (C=O) groups excluding carboxylic acids is 2. The number of fused-ring (bicyclic) bond motifs is 1. The Morgan fingerprint density at radius 2 is 1.83 bits per heavy atom. The fraction of sp³-hybridized carbons (Fsp3) is 0.395. The summed E-state index contributed by atoms with van der Waals surface area (Å²) in [7, 11) is 0. The summed E-state index contributed by atoms with van der Waals surface area (Å²) in [6, 6.07) is 17.7. The third-order valence-corrected chi connectivity index (χ3v) is 12.4. The third kappa shape index (κ3) is 7.81. The lowest BCUT2D eigenvalue weighted by atomic mass is 9.89. The first-order valence-corrected chi connectivity index (χ1v) is 20.6. The topological polar surface area (TPSA) is 183 Å². The first kappa shape index (κ1) is 39.2. The molecule has 2 amide bonds. The number of para-hydroxylation sites is 1. The number of H-pyrrole nitrogens is 1. The van der Waals surface area contributed by atoms with Crippen LogP contribution in [-0.2, 0) is 9.59 Å². The molecule has 0 bridgehead atoms. The Bertz CT molecular complexity index is 2420. The highest BCUT2D eigenvalue weighted by Gasteiger charge is 2.43. The van der Waals surface area contributed by atoms with Gasteiger partial charge in [-0.25, -0.2) is 4.98 Å². The van der Waals surface area contributed by atoms with Crippen LogP contribution in [0.15, 0.2) is 70.7 Å². The molecule has 2 aromatic carbocycles. The Kier molecular flexibility index (Phi) is 11.0. The second-order valence-corrected chi connectivity index (χ2v) is 16.6. The fourth-order valence-corrected chi connectivity index (χ4v) is 9.11. The molecule has 2 saturated heterocycles. The lowest BCUT2D eigenvalue weighted by molar-refractivity contribution is -0.141. The minimum Gasteiger partial charge on any atom is -0.507 e. The van der Waals surface area contributed by atoms with Gasteiger partial charge in [0.2, 0.25) is 11.8 Å². The van der Waals surface area contributed by atoms with E-state index in [1.54, 1.807) is 29.5 Å². The molecule has 8 rings (SSSR count). The fourth-order valence-electron chi connectivity index (χ4n) is 8.30. The highest BCUT2D eigenvalue weighted by Crippen LogP contribution is 2.37. The monoisotopic (exact) mass is 804 g/mol. The Morgan fingerprint density at radius 1 is 1.05 bits per heavy atom. The molecule has 0 spiro atoms. The lowest BCUT2D eigenvalue weighted by Gasteiger charge is -2.39. The molecular weight excluding hydrogens is 757 g/mol. The highest BCUT2D eigenvalue weighted by atomic mass is 32.1. The van der Waals surface area contributed by atoms with Crippen molar-refractivity contribution in [2.75, 3.05) is 32.8 Å². The number of hydrogen-bond donors (Lipinski definition) is 4. The molecule has 0 unspecified atom stereocenters. The van der Waals surface area contributed by atoms with Crippen LogP contribution in [0.3, 0.4) is 0 Å². The van der Waals surface area contributed by atoms with E-state index in [1.165, 1.54) is 10.5 Å². The highest BCUT2D eigenvalue weighted by molar-refractivity contribution is 7.13. The molecular formula is C43H48N8O6S. The number of aliphatic hydroxyl groups excluding tert-OH is 1. The van der Waals surface area contributed by atoms with Crippen molar-refractivity contribution in [3.63, 3.8) is 0 Å². The van der Waals surface area contributed by atoms with Gasteiger partial charge in [0.05, 0.1) is 33.9 Å². The number of amides is 2. The van der Waals surface area contributed by atoms with Gasteiger partial charge in [-0.3, -0.25) is 14.5 Å². The number of aromatic nitrogens is 5. The number of aromatic amines is 1. The van der Waals surface area contributed by atoms with Crippen LogP contribution in [0.1, 0.15) is 73.3 Å². The van der Waals surface area contributed by atoms with Crippen molar-refractivity contribution in [3.05, 3.63) is 94.4 Å². The van der Waals surface area contributed by atoms with Gasteiger partial charge in [0, 0.05) is 61.2 Å². The van der Waals surface area contributed by atoms with Crippen LogP contribution < -0.4 is 10.1 Å². The first-order chi connectivity index (χ1) is 27.9. The predicted octanol–water partition coefficient (Wildman–Crippen LogP) is 6.12. The van der Waals surface area contributed by atoms with E-state index in [0.29, 0.717) is 36.1 Å². The zero-order chi connectivity index (χ0) is 40.7. The van der Waals surface area contributed by atoms with Crippen LogP contribution in [0.4, 0.5) is 0 Å². The normalized spacial score (nSPS) is 18.4. The van der Waals surface area contributed by atoms with Crippen LogP contribution in [0, 0.1) is 19.8 Å². The van der Waals surface area contributed by atoms with Crippen molar-refractivity contribution in [1.29, 1.82) is 0 Å². The molecule has 0 saturated carbocycles. The van der Waals surface area contributed by atoms with E-state index in [1.807, 2.05) is 82.6 Å². The molecule has 0 aliphatic carbocycles. The molecule has 0 radical (unpaired) electrons. The van der Waals surface area contributed by atoms with E-state index in [-0.39, 0.29) is 48.4 Å². The van der Waals surface area contributed by atoms with E-state index in [2.05, 4.69) is 35.5 Å². The summed E-state index contributed by atoms with van der Waals surface area (Å²) < 4.78 is 11.7. The smallest absolute Gasteiger partial charge is 0.254 e. The summed E-state index contributed by atoms with van der Waals surface area (Å²) in [5.41, 5.74) is 9.05.